The van der Waals surface area contributed by atoms with E-state index in [0.29, 0.717) is 12.5 Å². The van der Waals surface area contributed by atoms with E-state index in [1.165, 1.54) is 4.90 Å². The lowest BCUT2D eigenvalue weighted by Gasteiger charge is -2.32. The Bertz CT molecular complexity index is 522. The molecule has 0 spiro atoms. The first-order valence-electron chi connectivity index (χ1n) is 8.12. The molecule has 0 aliphatic carbocycles. The second kappa shape index (κ2) is 8.92. The zero-order valence-corrected chi connectivity index (χ0v) is 15.3. The lowest BCUT2D eigenvalue weighted by molar-refractivity contribution is -0.129. The molecule has 23 heavy (non-hydrogen) atoms. The monoisotopic (exact) mass is 355 g/mol. The Morgan fingerprint density at radius 2 is 2.00 bits per heavy atom. The highest BCUT2D eigenvalue weighted by Crippen LogP contribution is 2.22. The first kappa shape index (κ1) is 18.6. The summed E-state index contributed by atoms with van der Waals surface area (Å²) in [5.41, 5.74) is 1.16. The summed E-state index contributed by atoms with van der Waals surface area (Å²) in [5.74, 6) is 0.277. The molecule has 1 unspecified atom stereocenters. The van der Waals surface area contributed by atoms with Crippen LogP contribution in [0.2, 0.25) is 0 Å². The van der Waals surface area contributed by atoms with Crippen LogP contribution in [0.25, 0.3) is 0 Å². The van der Waals surface area contributed by atoms with Crippen molar-refractivity contribution in [3.8, 4) is 0 Å². The minimum Gasteiger partial charge on any atom is -0.341 e. The maximum Gasteiger partial charge on any atom is 0.227 e. The molecule has 0 saturated carbocycles. The van der Waals surface area contributed by atoms with Crippen molar-refractivity contribution in [1.82, 2.24) is 15.1 Å². The van der Waals surface area contributed by atoms with Gasteiger partial charge < -0.3 is 10.2 Å². The van der Waals surface area contributed by atoms with Gasteiger partial charge >= 0.3 is 0 Å². The van der Waals surface area contributed by atoms with Crippen LogP contribution in [0.5, 0.6) is 0 Å². The van der Waals surface area contributed by atoms with E-state index < -0.39 is 0 Å². The number of carbonyl (C=O) groups excluding carboxylic acids is 1. The lowest BCUT2D eigenvalue weighted by Crippen LogP contribution is -2.49. The molecule has 2 aliphatic rings. The van der Waals surface area contributed by atoms with Gasteiger partial charge in [-0.15, -0.1) is 24.2 Å². The van der Waals surface area contributed by atoms with Gasteiger partial charge in [-0.1, -0.05) is 18.2 Å². The number of benzene rings is 1. The van der Waals surface area contributed by atoms with Crippen LogP contribution in [0, 0.1) is 0 Å². The third-order valence-electron chi connectivity index (χ3n) is 4.72. The summed E-state index contributed by atoms with van der Waals surface area (Å²) in [4.78, 5) is 18.4. The number of rotatable bonds is 4. The van der Waals surface area contributed by atoms with E-state index in [0.717, 1.165) is 51.3 Å². The molecule has 0 radical (unpaired) electrons. The number of likely N-dealkylation sites (tertiary alicyclic amines) is 1. The highest BCUT2D eigenvalue weighted by atomic mass is 35.5. The molecule has 4 nitrogen and oxygen atoms in total. The Morgan fingerprint density at radius 1 is 1.26 bits per heavy atom. The lowest BCUT2D eigenvalue weighted by atomic mass is 10.1. The molecular weight excluding hydrogens is 330 g/mol. The normalized spacial score (nSPS) is 22.0. The Kier molecular flexibility index (Phi) is 7.21. The third kappa shape index (κ3) is 4.63. The number of nitrogens with zero attached hydrogens (tertiary/aromatic N) is 2. The molecule has 0 aromatic heterocycles. The van der Waals surface area contributed by atoms with E-state index in [1.54, 1.807) is 11.8 Å². The van der Waals surface area contributed by atoms with E-state index in [-0.39, 0.29) is 18.3 Å². The fraction of sp³-hybridized carbons (Fsp3) is 0.588. The van der Waals surface area contributed by atoms with E-state index in [2.05, 4.69) is 33.5 Å². The van der Waals surface area contributed by atoms with Crippen molar-refractivity contribution in [3.63, 3.8) is 0 Å². The maximum atomic E-state index is 12.6. The van der Waals surface area contributed by atoms with Crippen LogP contribution < -0.4 is 5.32 Å². The largest absolute Gasteiger partial charge is 0.341 e. The Hall–Kier alpha value is -0.750. The summed E-state index contributed by atoms with van der Waals surface area (Å²) in [6.45, 7) is 6.19. The number of amides is 1. The van der Waals surface area contributed by atoms with Crippen molar-refractivity contribution in [2.45, 2.75) is 23.8 Å². The van der Waals surface area contributed by atoms with Crippen LogP contribution in [0.4, 0.5) is 0 Å². The molecule has 1 amide bonds. The number of hydrogen-bond donors (Lipinski definition) is 1. The first-order valence-corrected chi connectivity index (χ1v) is 9.35. The summed E-state index contributed by atoms with van der Waals surface area (Å²) in [7, 11) is 0. The number of nitrogens with one attached hydrogen (secondary N) is 1. The molecule has 1 atom stereocenters. The van der Waals surface area contributed by atoms with E-state index in [1.807, 2.05) is 12.1 Å². The fourth-order valence-corrected chi connectivity index (χ4v) is 4.05. The van der Waals surface area contributed by atoms with E-state index in [9.17, 15) is 4.79 Å². The van der Waals surface area contributed by atoms with Crippen LogP contribution in [0.15, 0.2) is 29.2 Å². The van der Waals surface area contributed by atoms with Gasteiger partial charge in [-0.3, -0.25) is 9.69 Å². The number of thioether (sulfide) groups is 1. The molecule has 2 heterocycles. The average Bonchev–Trinajstić information content (AvgIpc) is 3.06. The van der Waals surface area contributed by atoms with E-state index >= 15 is 0 Å². The minimum absolute atomic E-state index is 0. The summed E-state index contributed by atoms with van der Waals surface area (Å²) < 4.78 is 0. The summed E-state index contributed by atoms with van der Waals surface area (Å²) in [5, 5.41) is 3.39. The van der Waals surface area contributed by atoms with Crippen molar-refractivity contribution in [1.29, 1.82) is 0 Å². The molecule has 0 bridgehead atoms. The van der Waals surface area contributed by atoms with Crippen molar-refractivity contribution in [3.05, 3.63) is 29.8 Å². The third-order valence-corrected chi connectivity index (χ3v) is 5.56. The molecule has 6 heteroatoms. The summed E-state index contributed by atoms with van der Waals surface area (Å²) in [6.07, 6.45) is 3.72. The van der Waals surface area contributed by atoms with Crippen LogP contribution in [0.1, 0.15) is 12.0 Å². The Labute approximate surface area is 149 Å². The molecule has 1 aromatic rings. The zero-order valence-electron chi connectivity index (χ0n) is 13.7. The van der Waals surface area contributed by atoms with Gasteiger partial charge in [0, 0.05) is 50.2 Å². The topological polar surface area (TPSA) is 35.6 Å². The summed E-state index contributed by atoms with van der Waals surface area (Å²) >= 11 is 1.72. The smallest absolute Gasteiger partial charge is 0.227 e. The van der Waals surface area contributed by atoms with Gasteiger partial charge in [0.2, 0.25) is 5.91 Å². The molecule has 128 valence electrons. The van der Waals surface area contributed by atoms with Gasteiger partial charge in [-0.2, -0.15) is 0 Å². The van der Waals surface area contributed by atoms with Gasteiger partial charge in [-0.25, -0.2) is 0 Å². The van der Waals surface area contributed by atoms with Crippen molar-refractivity contribution >= 4 is 30.1 Å². The first-order chi connectivity index (χ1) is 10.8. The van der Waals surface area contributed by atoms with Crippen LogP contribution >= 0.6 is 24.2 Å². The quantitative estimate of drug-likeness (QED) is 0.836. The van der Waals surface area contributed by atoms with Crippen molar-refractivity contribution in [2.75, 3.05) is 45.5 Å². The Balaban J connectivity index is 0.00000192. The SMILES string of the molecule is CSc1ccccc1CC(=O)N1CCC(N2CCNCC2)C1.Cl. The van der Waals surface area contributed by atoms with Crippen molar-refractivity contribution < 1.29 is 4.79 Å². The number of piperazine rings is 1. The molecular formula is C17H26ClN3OS. The molecule has 2 fully saturated rings. The average molecular weight is 356 g/mol. The predicted octanol–water partition coefficient (Wildman–Crippen LogP) is 1.88. The fourth-order valence-electron chi connectivity index (χ4n) is 3.44. The molecule has 2 saturated heterocycles. The summed E-state index contributed by atoms with van der Waals surface area (Å²) in [6, 6.07) is 8.79. The standard InChI is InChI=1S/C17H25N3OS.ClH/c1-22-16-5-3-2-4-14(16)12-17(21)20-9-6-15(13-20)19-10-7-18-8-11-19;/h2-5,15,18H,6-13H2,1H3;1H. The molecule has 1 aromatic carbocycles. The van der Waals surface area contributed by atoms with Crippen LogP contribution in [-0.4, -0.2) is 67.3 Å². The maximum absolute atomic E-state index is 12.6. The predicted molar refractivity (Wildman–Crippen MR) is 98.6 cm³/mol. The minimum atomic E-state index is 0. The van der Waals surface area contributed by atoms with Crippen LogP contribution in [-0.2, 0) is 11.2 Å². The van der Waals surface area contributed by atoms with Crippen molar-refractivity contribution in [2.24, 2.45) is 0 Å². The number of hydrogen-bond acceptors (Lipinski definition) is 4. The molecule has 3 rings (SSSR count). The molecule has 2 aliphatic heterocycles. The number of halogens is 1. The molecule has 1 N–H and O–H groups in total. The Morgan fingerprint density at radius 3 is 2.74 bits per heavy atom. The van der Waals surface area contributed by atoms with Gasteiger partial charge in [0.15, 0.2) is 0 Å². The highest BCUT2D eigenvalue weighted by Gasteiger charge is 2.30. The van der Waals surface area contributed by atoms with Crippen LogP contribution in [0.3, 0.4) is 0 Å². The van der Waals surface area contributed by atoms with Gasteiger partial charge in [-0.05, 0) is 24.3 Å². The van der Waals surface area contributed by atoms with Gasteiger partial charge in [0.05, 0.1) is 6.42 Å². The van der Waals surface area contributed by atoms with Gasteiger partial charge in [0.1, 0.15) is 0 Å². The second-order valence-corrected chi connectivity index (χ2v) is 6.90. The highest BCUT2D eigenvalue weighted by molar-refractivity contribution is 7.98. The van der Waals surface area contributed by atoms with Gasteiger partial charge in [0.25, 0.3) is 0 Å². The zero-order chi connectivity index (χ0) is 15.4. The number of carbonyl (C=O) groups is 1. The second-order valence-electron chi connectivity index (χ2n) is 6.06. The van der Waals surface area contributed by atoms with E-state index in [4.69, 9.17) is 0 Å².